The zero-order valence-electron chi connectivity index (χ0n) is 36.2. The Morgan fingerprint density at radius 1 is 0.696 bits per heavy atom. The fraction of sp³-hybridized carbons (Fsp3) is 0.717. The Kier molecular flexibility index (Phi) is 35.8. The number of carbonyl (C=O) groups excluding carboxylic acids is 1. The summed E-state index contributed by atoms with van der Waals surface area (Å²) in [6.45, 7) is 4.60. The van der Waals surface area contributed by atoms with E-state index in [0.29, 0.717) is 30.3 Å². The number of aliphatic hydroxyl groups is 2. The van der Waals surface area contributed by atoms with E-state index in [-0.39, 0.29) is 25.5 Å². The van der Waals surface area contributed by atoms with Gasteiger partial charge < -0.3 is 24.9 Å². The molecule has 4 N–H and O–H groups in total. The van der Waals surface area contributed by atoms with E-state index in [1.165, 1.54) is 70.6 Å². The first-order chi connectivity index (χ1) is 26.9. The molecule has 0 spiro atoms. The summed E-state index contributed by atoms with van der Waals surface area (Å²) in [7, 11) is 1.49. The summed E-state index contributed by atoms with van der Waals surface area (Å²) in [4.78, 5) is 23.1. The standard InChI is InChI=1S/C46H83N2O7P/c1-6-8-10-12-14-16-18-20-22-24-26-28-30-34-38-45(50)44(42-55-56(52,53)54-41-40-48(3,4)5)47-46(51)39-35-31-33-37-43(49)36-32-29-27-25-23-21-19-17-15-13-11-9-7-2/h9,11,15,17,21,23,27,29,31-33,36,43-45,49-50H,6-8,10,12-14,16,18-20,22,24-26,28,30,34-35,37-42H2,1-5H3,(H-,47,51,52,53)/p+1/b11-9-,17-15-,23-21-,29-27-,33-31-,36-32-/t43?,44-,45+/m0/s1. The highest BCUT2D eigenvalue weighted by atomic mass is 31.2. The number of unbranched alkanes of at least 4 members (excludes halogenated alkanes) is 13. The van der Waals surface area contributed by atoms with Crippen LogP contribution in [0.1, 0.15) is 155 Å². The molecule has 0 aliphatic rings. The van der Waals surface area contributed by atoms with E-state index in [4.69, 9.17) is 9.05 Å². The average Bonchev–Trinajstić information content (AvgIpc) is 3.14. The number of amides is 1. The Morgan fingerprint density at radius 3 is 1.79 bits per heavy atom. The molecule has 9 nitrogen and oxygen atoms in total. The molecule has 0 aromatic rings. The van der Waals surface area contributed by atoms with Crippen molar-refractivity contribution in [1.29, 1.82) is 0 Å². The highest BCUT2D eigenvalue weighted by Crippen LogP contribution is 2.43. The third-order valence-corrected chi connectivity index (χ3v) is 10.3. The maximum Gasteiger partial charge on any atom is 0.472 e. The summed E-state index contributed by atoms with van der Waals surface area (Å²) in [5.74, 6) is -0.290. The second-order valence-corrected chi connectivity index (χ2v) is 17.3. The predicted molar refractivity (Wildman–Crippen MR) is 236 cm³/mol. The van der Waals surface area contributed by atoms with Crippen LogP contribution in [0.15, 0.2) is 72.9 Å². The van der Waals surface area contributed by atoms with E-state index in [1.807, 2.05) is 51.5 Å². The number of phosphoric ester groups is 1. The Hall–Kier alpha value is -2.10. The lowest BCUT2D eigenvalue weighted by Crippen LogP contribution is -2.46. The lowest BCUT2D eigenvalue weighted by atomic mass is 10.0. The van der Waals surface area contributed by atoms with Gasteiger partial charge in [-0.3, -0.25) is 13.8 Å². The number of allylic oxidation sites excluding steroid dienone is 10. The molecular weight excluding hydrogens is 723 g/mol. The predicted octanol–water partition coefficient (Wildman–Crippen LogP) is 11.0. The van der Waals surface area contributed by atoms with Crippen molar-refractivity contribution in [3.05, 3.63) is 72.9 Å². The summed E-state index contributed by atoms with van der Waals surface area (Å²) >= 11 is 0. The van der Waals surface area contributed by atoms with Gasteiger partial charge >= 0.3 is 7.82 Å². The number of nitrogens with zero attached hydrogens (tertiary/aromatic N) is 1. The lowest BCUT2D eigenvalue weighted by Gasteiger charge is -2.26. The molecular formula is C46H84N2O7P+. The number of rotatable bonds is 38. The molecule has 0 rings (SSSR count). The largest absolute Gasteiger partial charge is 0.472 e. The SMILES string of the molecule is CC/C=C\C/C=C\C/C=C\C/C=C\C=C/C(O)C/C=C\CCC(=O)N[C@@H](COP(=O)(O)OCC[N+](C)(C)C)[C@H](O)CCCCCCCCCCCCCCCC. The fourth-order valence-corrected chi connectivity index (χ4v) is 6.53. The van der Waals surface area contributed by atoms with Crippen molar-refractivity contribution >= 4 is 13.7 Å². The number of likely N-dealkylation sites (N-methyl/N-ethyl adjacent to an activating group) is 1. The third-order valence-electron chi connectivity index (χ3n) is 9.31. The molecule has 0 aliphatic carbocycles. The summed E-state index contributed by atoms with van der Waals surface area (Å²) in [6, 6.07) is -0.846. The summed E-state index contributed by atoms with van der Waals surface area (Å²) in [5, 5.41) is 24.1. The van der Waals surface area contributed by atoms with Gasteiger partial charge in [-0.25, -0.2) is 4.57 Å². The van der Waals surface area contributed by atoms with Crippen LogP contribution >= 0.6 is 7.82 Å². The van der Waals surface area contributed by atoms with Crippen LogP contribution in [0, 0.1) is 0 Å². The molecule has 0 aromatic carbocycles. The molecule has 324 valence electrons. The molecule has 0 bridgehead atoms. The van der Waals surface area contributed by atoms with Gasteiger partial charge in [0.1, 0.15) is 13.2 Å². The van der Waals surface area contributed by atoms with Crippen molar-refractivity contribution in [2.45, 2.75) is 173 Å². The highest BCUT2D eigenvalue weighted by Gasteiger charge is 2.28. The second kappa shape index (κ2) is 37.2. The van der Waals surface area contributed by atoms with Gasteiger partial charge in [-0.05, 0) is 44.9 Å². The minimum atomic E-state index is -4.36. The molecule has 56 heavy (non-hydrogen) atoms. The summed E-state index contributed by atoms with van der Waals surface area (Å²) in [5.41, 5.74) is 0. The first-order valence-electron chi connectivity index (χ1n) is 21.9. The number of nitrogens with one attached hydrogen (secondary N) is 1. The van der Waals surface area contributed by atoms with Gasteiger partial charge in [-0.2, -0.15) is 0 Å². The molecule has 0 saturated heterocycles. The lowest BCUT2D eigenvalue weighted by molar-refractivity contribution is -0.870. The quantitative estimate of drug-likeness (QED) is 0.0161. The minimum absolute atomic E-state index is 0.0389. The van der Waals surface area contributed by atoms with E-state index >= 15 is 0 Å². The van der Waals surface area contributed by atoms with Crippen LogP contribution in [-0.2, 0) is 18.4 Å². The van der Waals surface area contributed by atoms with Crippen molar-refractivity contribution in [3.8, 4) is 0 Å². The molecule has 0 aromatic heterocycles. The smallest absolute Gasteiger partial charge is 0.391 e. The van der Waals surface area contributed by atoms with Gasteiger partial charge in [0.15, 0.2) is 0 Å². The molecule has 0 saturated carbocycles. The van der Waals surface area contributed by atoms with Crippen molar-refractivity contribution < 1.29 is 38.0 Å². The van der Waals surface area contributed by atoms with Crippen LogP contribution < -0.4 is 5.32 Å². The van der Waals surface area contributed by atoms with Crippen molar-refractivity contribution in [3.63, 3.8) is 0 Å². The van der Waals surface area contributed by atoms with E-state index in [2.05, 4.69) is 55.6 Å². The maximum absolute atomic E-state index is 12.9. The monoisotopic (exact) mass is 808 g/mol. The number of hydrogen-bond donors (Lipinski definition) is 4. The molecule has 10 heteroatoms. The van der Waals surface area contributed by atoms with Crippen LogP contribution in [0.3, 0.4) is 0 Å². The van der Waals surface area contributed by atoms with E-state index in [1.54, 1.807) is 6.08 Å². The molecule has 0 fully saturated rings. The number of aliphatic hydroxyl groups excluding tert-OH is 2. The Balaban J connectivity index is 4.64. The Labute approximate surface area is 343 Å². The van der Waals surface area contributed by atoms with Crippen LogP contribution in [0.25, 0.3) is 0 Å². The first kappa shape index (κ1) is 53.9. The van der Waals surface area contributed by atoms with E-state index in [9.17, 15) is 24.5 Å². The van der Waals surface area contributed by atoms with Gasteiger partial charge in [-0.1, -0.05) is 177 Å². The Morgan fingerprint density at radius 2 is 1.23 bits per heavy atom. The van der Waals surface area contributed by atoms with Gasteiger partial charge in [-0.15, -0.1) is 0 Å². The van der Waals surface area contributed by atoms with Gasteiger partial charge in [0, 0.05) is 6.42 Å². The van der Waals surface area contributed by atoms with Gasteiger partial charge in [0.2, 0.25) is 5.91 Å². The normalized spacial score (nSPS) is 15.6. The summed E-state index contributed by atoms with van der Waals surface area (Å²) in [6.07, 6.45) is 45.3. The molecule has 0 heterocycles. The topological polar surface area (TPSA) is 125 Å². The first-order valence-corrected chi connectivity index (χ1v) is 23.4. The van der Waals surface area contributed by atoms with E-state index in [0.717, 1.165) is 44.9 Å². The molecule has 2 unspecified atom stereocenters. The molecule has 4 atom stereocenters. The second-order valence-electron chi connectivity index (χ2n) is 15.9. The van der Waals surface area contributed by atoms with Crippen molar-refractivity contribution in [1.82, 2.24) is 5.32 Å². The zero-order chi connectivity index (χ0) is 41.6. The third kappa shape index (κ3) is 38.8. The average molecular weight is 808 g/mol. The van der Waals surface area contributed by atoms with E-state index < -0.39 is 26.1 Å². The van der Waals surface area contributed by atoms with Crippen molar-refractivity contribution in [2.75, 3.05) is 40.9 Å². The van der Waals surface area contributed by atoms with Crippen LogP contribution in [0.4, 0.5) is 0 Å². The molecule has 0 aliphatic heterocycles. The minimum Gasteiger partial charge on any atom is -0.391 e. The van der Waals surface area contributed by atoms with Crippen molar-refractivity contribution in [2.24, 2.45) is 0 Å². The maximum atomic E-state index is 12.9. The Bertz CT molecular complexity index is 1160. The molecule has 0 radical (unpaired) electrons. The zero-order valence-corrected chi connectivity index (χ0v) is 37.1. The van der Waals surface area contributed by atoms with Crippen LogP contribution in [0.5, 0.6) is 0 Å². The fourth-order valence-electron chi connectivity index (χ4n) is 5.80. The highest BCUT2D eigenvalue weighted by molar-refractivity contribution is 7.47. The summed E-state index contributed by atoms with van der Waals surface area (Å²) < 4.78 is 23.5. The number of carbonyl (C=O) groups is 1. The molecule has 1 amide bonds. The van der Waals surface area contributed by atoms with Crippen LogP contribution in [-0.4, -0.2) is 84.6 Å². The number of hydrogen-bond acceptors (Lipinski definition) is 6. The number of phosphoric acid groups is 1. The van der Waals surface area contributed by atoms with Crippen LogP contribution in [0.2, 0.25) is 0 Å². The number of quaternary nitrogens is 1. The van der Waals surface area contributed by atoms with Gasteiger partial charge in [0.05, 0.1) is 46.0 Å². The van der Waals surface area contributed by atoms with Gasteiger partial charge in [0.25, 0.3) is 0 Å².